The van der Waals surface area contributed by atoms with Crippen LogP contribution in [0.4, 0.5) is 0 Å². The molecule has 3 unspecified atom stereocenters. The van der Waals surface area contributed by atoms with Crippen LogP contribution in [0.2, 0.25) is 11.1 Å². The molecule has 2 aromatic rings. The number of aromatic carboxylic acids is 2. The van der Waals surface area contributed by atoms with Crippen molar-refractivity contribution in [2.45, 2.75) is 23.9 Å². The number of allylic oxidation sites excluding steroid dienone is 3. The predicted molar refractivity (Wildman–Crippen MR) is 134 cm³/mol. The summed E-state index contributed by atoms with van der Waals surface area (Å²) in [4.78, 5) is 46.4. The molecule has 0 bridgehead atoms. The van der Waals surface area contributed by atoms with E-state index in [-0.39, 0.29) is 27.8 Å². The van der Waals surface area contributed by atoms with Gasteiger partial charge in [-0.15, -0.1) is 0 Å². The van der Waals surface area contributed by atoms with Crippen LogP contribution in [-0.2, 0) is 9.59 Å². The molecule has 9 heteroatoms. The van der Waals surface area contributed by atoms with Crippen molar-refractivity contribution in [3.63, 3.8) is 0 Å². The summed E-state index contributed by atoms with van der Waals surface area (Å²) >= 11 is 0. The van der Waals surface area contributed by atoms with Crippen LogP contribution < -0.4 is 10.4 Å². The fourth-order valence-corrected chi connectivity index (χ4v) is 11.1. The van der Waals surface area contributed by atoms with E-state index in [1.807, 2.05) is 12.2 Å². The van der Waals surface area contributed by atoms with E-state index < -0.39 is 37.9 Å². The standard InChI is InChI=1S/C27H24O8Si/c28-24(29)16-1-8-20(9-2-16)36(23-14-7-19(15-23)27(34)35,21-10-3-17(4-11-21)25(30)31)22-12-5-18(6-13-22)26(32)33/h1-5,7-12,14-15,18,22-23H,6,13H2,(H,28,29)(H,30,31)(H,32,33)(H,34,35). The molecular weight excluding hydrogens is 480 g/mol. The molecule has 0 aromatic heterocycles. The predicted octanol–water partition coefficient (Wildman–Crippen LogP) is 3.02. The van der Waals surface area contributed by atoms with Crippen molar-refractivity contribution < 1.29 is 39.6 Å². The monoisotopic (exact) mass is 504 g/mol. The topological polar surface area (TPSA) is 149 Å². The Balaban J connectivity index is 1.98. The summed E-state index contributed by atoms with van der Waals surface area (Å²) in [5.74, 6) is -4.75. The molecule has 2 aliphatic carbocycles. The highest BCUT2D eigenvalue weighted by molar-refractivity contribution is 7.05. The molecule has 36 heavy (non-hydrogen) atoms. The molecule has 0 spiro atoms. The second-order valence-electron chi connectivity index (χ2n) is 8.96. The lowest BCUT2D eigenvalue weighted by Gasteiger charge is -2.44. The van der Waals surface area contributed by atoms with E-state index in [4.69, 9.17) is 0 Å². The first-order chi connectivity index (χ1) is 17.1. The molecular formula is C27H24O8Si. The van der Waals surface area contributed by atoms with Gasteiger partial charge in [0.25, 0.3) is 0 Å². The Morgan fingerprint density at radius 2 is 1.19 bits per heavy atom. The van der Waals surface area contributed by atoms with E-state index in [0.29, 0.717) is 12.8 Å². The maximum absolute atomic E-state index is 11.8. The van der Waals surface area contributed by atoms with Gasteiger partial charge in [-0.05, 0) is 42.6 Å². The smallest absolute Gasteiger partial charge is 0.335 e. The quantitative estimate of drug-likeness (QED) is 0.317. The Bertz CT molecular complexity index is 1250. The summed E-state index contributed by atoms with van der Waals surface area (Å²) in [6.07, 6.45) is 9.59. The average Bonchev–Trinajstić information content (AvgIpc) is 3.36. The second-order valence-corrected chi connectivity index (χ2v) is 13.3. The van der Waals surface area contributed by atoms with Crippen LogP contribution >= 0.6 is 0 Å². The number of aliphatic carboxylic acids is 2. The van der Waals surface area contributed by atoms with E-state index in [1.54, 1.807) is 42.5 Å². The maximum Gasteiger partial charge on any atom is 0.335 e. The number of rotatable bonds is 8. The molecule has 184 valence electrons. The van der Waals surface area contributed by atoms with Crippen molar-refractivity contribution in [1.82, 2.24) is 0 Å². The Hall–Kier alpha value is -4.24. The van der Waals surface area contributed by atoms with Crippen molar-refractivity contribution in [1.29, 1.82) is 0 Å². The number of carboxylic acids is 4. The minimum Gasteiger partial charge on any atom is -0.481 e. The van der Waals surface area contributed by atoms with Gasteiger partial charge in [0.1, 0.15) is 8.07 Å². The lowest BCUT2D eigenvalue weighted by atomic mass is 9.96. The number of benzene rings is 2. The lowest BCUT2D eigenvalue weighted by Crippen LogP contribution is -2.64. The molecule has 4 rings (SSSR count). The zero-order chi connectivity index (χ0) is 26.0. The van der Waals surface area contributed by atoms with E-state index in [0.717, 1.165) is 10.4 Å². The van der Waals surface area contributed by atoms with Gasteiger partial charge < -0.3 is 20.4 Å². The van der Waals surface area contributed by atoms with Crippen LogP contribution in [0.1, 0.15) is 33.6 Å². The van der Waals surface area contributed by atoms with Crippen molar-refractivity contribution in [3.8, 4) is 0 Å². The Labute approximate surface area is 207 Å². The molecule has 0 aliphatic heterocycles. The minimum atomic E-state index is -3.07. The second kappa shape index (κ2) is 9.78. The first kappa shape index (κ1) is 24.9. The highest BCUT2D eigenvalue weighted by atomic mass is 28.3. The average molecular weight is 505 g/mol. The summed E-state index contributed by atoms with van der Waals surface area (Å²) < 4.78 is 0. The fourth-order valence-electron chi connectivity index (χ4n) is 5.35. The summed E-state index contributed by atoms with van der Waals surface area (Å²) in [6.45, 7) is 0. The molecule has 4 N–H and O–H groups in total. The highest BCUT2D eigenvalue weighted by Crippen LogP contribution is 2.44. The zero-order valence-corrected chi connectivity index (χ0v) is 20.1. The summed E-state index contributed by atoms with van der Waals surface area (Å²) in [6, 6.07) is 13.0. The highest BCUT2D eigenvalue weighted by Gasteiger charge is 2.50. The van der Waals surface area contributed by atoms with Gasteiger partial charge in [-0.3, -0.25) is 4.79 Å². The largest absolute Gasteiger partial charge is 0.481 e. The number of carbonyl (C=O) groups is 4. The molecule has 2 aliphatic rings. The summed E-state index contributed by atoms with van der Waals surface area (Å²) in [7, 11) is -3.07. The van der Waals surface area contributed by atoms with E-state index in [9.17, 15) is 39.6 Å². The molecule has 3 atom stereocenters. The zero-order valence-electron chi connectivity index (χ0n) is 19.1. The van der Waals surface area contributed by atoms with Crippen molar-refractivity contribution in [2.75, 3.05) is 0 Å². The van der Waals surface area contributed by atoms with Crippen LogP contribution in [0.5, 0.6) is 0 Å². The van der Waals surface area contributed by atoms with Crippen molar-refractivity contribution in [3.05, 3.63) is 95.6 Å². The summed E-state index contributed by atoms with van der Waals surface area (Å²) in [5, 5.41) is 39.6. The molecule has 0 fully saturated rings. The maximum atomic E-state index is 11.8. The van der Waals surface area contributed by atoms with Gasteiger partial charge >= 0.3 is 23.9 Å². The lowest BCUT2D eigenvalue weighted by molar-refractivity contribution is -0.140. The molecule has 0 saturated heterocycles. The third-order valence-electron chi connectivity index (χ3n) is 7.10. The van der Waals surface area contributed by atoms with Gasteiger partial charge in [0.15, 0.2) is 0 Å². The van der Waals surface area contributed by atoms with Gasteiger partial charge in [-0.25, -0.2) is 14.4 Å². The Morgan fingerprint density at radius 3 is 1.56 bits per heavy atom. The van der Waals surface area contributed by atoms with Crippen molar-refractivity contribution >= 4 is 42.3 Å². The van der Waals surface area contributed by atoms with Gasteiger partial charge in [-0.1, -0.05) is 65.0 Å². The molecule has 0 heterocycles. The summed E-state index contributed by atoms with van der Waals surface area (Å²) in [5.41, 5.74) is -0.137. The van der Waals surface area contributed by atoms with Crippen LogP contribution in [0.15, 0.2) is 84.5 Å². The van der Waals surface area contributed by atoms with Crippen LogP contribution in [0.25, 0.3) is 0 Å². The number of hydrogen-bond acceptors (Lipinski definition) is 4. The molecule has 0 amide bonds. The molecule has 2 aromatic carbocycles. The van der Waals surface area contributed by atoms with Crippen molar-refractivity contribution in [2.24, 2.45) is 5.92 Å². The third kappa shape index (κ3) is 4.40. The number of hydrogen-bond donors (Lipinski definition) is 4. The number of carboxylic acid groups (broad SMARTS) is 4. The van der Waals surface area contributed by atoms with Crippen LogP contribution in [0, 0.1) is 5.92 Å². The van der Waals surface area contributed by atoms with Crippen LogP contribution in [-0.4, -0.2) is 52.4 Å². The Morgan fingerprint density at radius 1 is 0.667 bits per heavy atom. The first-order valence-corrected chi connectivity index (χ1v) is 13.5. The molecule has 0 saturated carbocycles. The minimum absolute atomic E-state index is 0.108. The van der Waals surface area contributed by atoms with Gasteiger partial charge in [0.05, 0.1) is 22.6 Å². The van der Waals surface area contributed by atoms with E-state index in [2.05, 4.69) is 0 Å². The van der Waals surface area contributed by atoms with Gasteiger partial charge in [-0.2, -0.15) is 0 Å². The Kier molecular flexibility index (Phi) is 6.76. The molecule has 0 radical (unpaired) electrons. The normalized spacial score (nSPS) is 21.1. The first-order valence-electron chi connectivity index (χ1n) is 11.4. The fraction of sp³-hybridized carbons (Fsp3) is 0.185. The van der Waals surface area contributed by atoms with Gasteiger partial charge in [0, 0.05) is 5.54 Å². The van der Waals surface area contributed by atoms with Gasteiger partial charge in [0.2, 0.25) is 0 Å². The van der Waals surface area contributed by atoms with E-state index >= 15 is 0 Å². The third-order valence-corrected chi connectivity index (χ3v) is 12.7. The van der Waals surface area contributed by atoms with E-state index in [1.165, 1.54) is 24.3 Å². The SMILES string of the molecule is O=C(O)C1=CC([Si](c2ccc(C(=O)O)cc2)(c2ccc(C(=O)O)cc2)C2C=CC(C(=O)O)CC2)C=C1. The van der Waals surface area contributed by atoms with Crippen LogP contribution in [0.3, 0.4) is 0 Å². The molecule has 8 nitrogen and oxygen atoms in total.